The number of hydrogen-bond donors (Lipinski definition) is 1. The molecule has 0 radical (unpaired) electrons. The van der Waals surface area contributed by atoms with Crippen LogP contribution in [0.3, 0.4) is 0 Å². The second-order valence-electron chi connectivity index (χ2n) is 5.64. The van der Waals surface area contributed by atoms with E-state index in [0.717, 1.165) is 50.1 Å². The maximum Gasteiger partial charge on any atom is 0.191 e. The number of para-hydroxylation sites is 1. The average Bonchev–Trinajstić information content (AvgIpc) is 3.36. The van der Waals surface area contributed by atoms with Crippen LogP contribution in [0.15, 0.2) is 29.3 Å². The summed E-state index contributed by atoms with van der Waals surface area (Å²) in [5.41, 5.74) is 7.15. The summed E-state index contributed by atoms with van der Waals surface area (Å²) in [6, 6.07) is 8.08. The molecule has 2 N–H and O–H groups in total. The minimum Gasteiger partial charge on any atom is -0.493 e. The van der Waals surface area contributed by atoms with Crippen LogP contribution in [0.2, 0.25) is 0 Å². The Hall–Kier alpha value is -1.02. The van der Waals surface area contributed by atoms with Gasteiger partial charge >= 0.3 is 0 Å². The first-order chi connectivity index (χ1) is 10.3. The molecule has 0 amide bonds. The van der Waals surface area contributed by atoms with Crippen LogP contribution in [0.25, 0.3) is 0 Å². The van der Waals surface area contributed by atoms with Crippen LogP contribution in [0.5, 0.6) is 5.75 Å². The smallest absolute Gasteiger partial charge is 0.191 e. The van der Waals surface area contributed by atoms with Crippen molar-refractivity contribution in [1.82, 2.24) is 4.90 Å². The number of morpholine rings is 1. The standard InChI is InChI=1S/C16H23N3O2.HI/c17-16(19-7-9-20-10-8-19)18-11-14-3-1-2-4-15(14)21-12-13-5-6-13;/h1-4,13H,5-12H2,(H2,17,18);1H. The van der Waals surface area contributed by atoms with E-state index in [4.69, 9.17) is 15.2 Å². The fourth-order valence-corrected chi connectivity index (χ4v) is 2.33. The summed E-state index contributed by atoms with van der Waals surface area (Å²) >= 11 is 0. The molecule has 2 aliphatic rings. The molecule has 1 saturated carbocycles. The SMILES string of the molecule is I.NC(=NCc1ccccc1OCC1CC1)N1CCOCC1. The number of hydrogen-bond acceptors (Lipinski definition) is 3. The highest BCUT2D eigenvalue weighted by molar-refractivity contribution is 14.0. The van der Waals surface area contributed by atoms with Gasteiger partial charge in [0, 0.05) is 18.7 Å². The van der Waals surface area contributed by atoms with Gasteiger partial charge in [0.15, 0.2) is 5.96 Å². The van der Waals surface area contributed by atoms with Crippen molar-refractivity contribution in [3.05, 3.63) is 29.8 Å². The van der Waals surface area contributed by atoms with Gasteiger partial charge in [0.05, 0.1) is 26.4 Å². The van der Waals surface area contributed by atoms with Crippen molar-refractivity contribution in [2.45, 2.75) is 19.4 Å². The highest BCUT2D eigenvalue weighted by atomic mass is 127. The molecule has 1 saturated heterocycles. The predicted molar refractivity (Wildman–Crippen MR) is 97.8 cm³/mol. The molecule has 1 heterocycles. The molecule has 1 aromatic rings. The van der Waals surface area contributed by atoms with E-state index in [1.54, 1.807) is 0 Å². The largest absolute Gasteiger partial charge is 0.493 e. The van der Waals surface area contributed by atoms with Crippen molar-refractivity contribution in [2.75, 3.05) is 32.9 Å². The van der Waals surface area contributed by atoms with E-state index >= 15 is 0 Å². The maximum absolute atomic E-state index is 6.06. The Kier molecular flexibility index (Phi) is 6.75. The molecule has 0 atom stereocenters. The first-order valence-corrected chi connectivity index (χ1v) is 7.66. The number of benzene rings is 1. The van der Waals surface area contributed by atoms with Crippen molar-refractivity contribution in [3.8, 4) is 5.75 Å². The van der Waals surface area contributed by atoms with E-state index in [1.165, 1.54) is 12.8 Å². The zero-order valence-corrected chi connectivity index (χ0v) is 15.1. The van der Waals surface area contributed by atoms with E-state index in [1.807, 2.05) is 18.2 Å². The van der Waals surface area contributed by atoms with Gasteiger partial charge in [0.2, 0.25) is 0 Å². The highest BCUT2D eigenvalue weighted by Gasteiger charge is 2.22. The van der Waals surface area contributed by atoms with Gasteiger partial charge < -0.3 is 20.1 Å². The Labute approximate surface area is 148 Å². The van der Waals surface area contributed by atoms with Crippen molar-refractivity contribution >= 4 is 29.9 Å². The number of halogens is 1. The number of nitrogens with zero attached hydrogens (tertiary/aromatic N) is 2. The van der Waals surface area contributed by atoms with Crippen molar-refractivity contribution in [3.63, 3.8) is 0 Å². The van der Waals surface area contributed by atoms with Crippen LogP contribution < -0.4 is 10.5 Å². The molecule has 1 aliphatic carbocycles. The van der Waals surface area contributed by atoms with Gasteiger partial charge in [0.25, 0.3) is 0 Å². The summed E-state index contributed by atoms with van der Waals surface area (Å²) in [6.45, 7) is 4.45. The molecule has 3 rings (SSSR count). The number of ether oxygens (including phenoxy) is 2. The summed E-state index contributed by atoms with van der Waals surface area (Å²) in [7, 11) is 0. The molecular formula is C16H24IN3O2. The van der Waals surface area contributed by atoms with E-state index in [0.29, 0.717) is 12.5 Å². The molecule has 2 fully saturated rings. The molecule has 6 heteroatoms. The van der Waals surface area contributed by atoms with Gasteiger partial charge in [-0.3, -0.25) is 0 Å². The van der Waals surface area contributed by atoms with E-state index in [9.17, 15) is 0 Å². The second-order valence-corrected chi connectivity index (χ2v) is 5.64. The van der Waals surface area contributed by atoms with Crippen LogP contribution in [-0.2, 0) is 11.3 Å². The van der Waals surface area contributed by atoms with E-state index in [2.05, 4.69) is 16.0 Å². The summed E-state index contributed by atoms with van der Waals surface area (Å²) < 4.78 is 11.2. The first-order valence-electron chi connectivity index (χ1n) is 7.66. The van der Waals surface area contributed by atoms with Gasteiger partial charge in [-0.25, -0.2) is 4.99 Å². The lowest BCUT2D eigenvalue weighted by atomic mass is 10.2. The first kappa shape index (κ1) is 17.3. The molecular weight excluding hydrogens is 393 g/mol. The normalized spacial score (nSPS) is 18.7. The number of rotatable bonds is 5. The lowest BCUT2D eigenvalue weighted by molar-refractivity contribution is 0.0674. The quantitative estimate of drug-likeness (QED) is 0.454. The molecule has 22 heavy (non-hydrogen) atoms. The molecule has 1 aliphatic heterocycles. The molecule has 5 nitrogen and oxygen atoms in total. The Morgan fingerprint density at radius 2 is 2.00 bits per heavy atom. The second kappa shape index (κ2) is 8.57. The van der Waals surface area contributed by atoms with Crippen LogP contribution in [0.4, 0.5) is 0 Å². The summed E-state index contributed by atoms with van der Waals surface area (Å²) in [5.74, 6) is 2.28. The third kappa shape index (κ3) is 5.01. The fraction of sp³-hybridized carbons (Fsp3) is 0.562. The van der Waals surface area contributed by atoms with Gasteiger partial charge in [-0.2, -0.15) is 0 Å². The lowest BCUT2D eigenvalue weighted by Gasteiger charge is -2.27. The Balaban J connectivity index is 0.00000176. The third-order valence-corrected chi connectivity index (χ3v) is 3.89. The van der Waals surface area contributed by atoms with Gasteiger partial charge in [0.1, 0.15) is 5.75 Å². The molecule has 0 bridgehead atoms. The van der Waals surface area contributed by atoms with E-state index < -0.39 is 0 Å². The van der Waals surface area contributed by atoms with E-state index in [-0.39, 0.29) is 24.0 Å². The fourth-order valence-electron chi connectivity index (χ4n) is 2.33. The van der Waals surface area contributed by atoms with Gasteiger partial charge in [-0.15, -0.1) is 24.0 Å². The predicted octanol–water partition coefficient (Wildman–Crippen LogP) is 2.24. The molecule has 0 aromatic heterocycles. The Morgan fingerprint density at radius 3 is 2.73 bits per heavy atom. The van der Waals surface area contributed by atoms with Gasteiger partial charge in [-0.05, 0) is 24.8 Å². The highest BCUT2D eigenvalue weighted by Crippen LogP contribution is 2.30. The molecule has 0 spiro atoms. The van der Waals surface area contributed by atoms with Gasteiger partial charge in [-0.1, -0.05) is 18.2 Å². The Morgan fingerprint density at radius 1 is 1.27 bits per heavy atom. The molecule has 122 valence electrons. The van der Waals surface area contributed by atoms with Crippen LogP contribution in [-0.4, -0.2) is 43.8 Å². The van der Waals surface area contributed by atoms with Crippen LogP contribution >= 0.6 is 24.0 Å². The topological polar surface area (TPSA) is 60.1 Å². The summed E-state index contributed by atoms with van der Waals surface area (Å²) in [5, 5.41) is 0. The van der Waals surface area contributed by atoms with Crippen molar-refractivity contribution in [2.24, 2.45) is 16.6 Å². The minimum absolute atomic E-state index is 0. The average molecular weight is 417 g/mol. The van der Waals surface area contributed by atoms with Crippen LogP contribution in [0.1, 0.15) is 18.4 Å². The van der Waals surface area contributed by atoms with Crippen molar-refractivity contribution in [1.29, 1.82) is 0 Å². The van der Waals surface area contributed by atoms with Crippen molar-refractivity contribution < 1.29 is 9.47 Å². The third-order valence-electron chi connectivity index (χ3n) is 3.89. The minimum atomic E-state index is 0. The molecule has 0 unspecified atom stereocenters. The zero-order chi connectivity index (χ0) is 14.5. The maximum atomic E-state index is 6.06. The summed E-state index contributed by atoms with van der Waals surface area (Å²) in [6.07, 6.45) is 2.59. The summed E-state index contributed by atoms with van der Waals surface area (Å²) in [4.78, 5) is 6.57. The number of guanidine groups is 1. The number of aliphatic imine (C=N–C) groups is 1. The lowest BCUT2D eigenvalue weighted by Crippen LogP contribution is -2.44. The zero-order valence-electron chi connectivity index (χ0n) is 12.7. The monoisotopic (exact) mass is 417 g/mol. The Bertz CT molecular complexity index is 500. The van der Waals surface area contributed by atoms with Crippen LogP contribution in [0, 0.1) is 5.92 Å². The molecule has 1 aromatic carbocycles. The number of nitrogens with two attached hydrogens (primary N) is 1.